The quantitative estimate of drug-likeness (QED) is 0.880. The fraction of sp³-hybridized carbons (Fsp3) is 0.0714. The van der Waals surface area contributed by atoms with Crippen LogP contribution in [0.3, 0.4) is 0 Å². The Kier molecular flexibility index (Phi) is 3.41. The van der Waals surface area contributed by atoms with Crippen LogP contribution in [0.25, 0.3) is 0 Å². The molecule has 0 spiro atoms. The Morgan fingerprint density at radius 2 is 1.88 bits per heavy atom. The molecule has 0 fully saturated rings. The van der Waals surface area contributed by atoms with E-state index >= 15 is 0 Å². The molecule has 0 amide bonds. The van der Waals surface area contributed by atoms with Gasteiger partial charge in [-0.25, -0.2) is 0 Å². The van der Waals surface area contributed by atoms with Crippen molar-refractivity contribution >= 4 is 15.9 Å². The molecule has 17 heavy (non-hydrogen) atoms. The molecule has 86 valence electrons. The van der Waals surface area contributed by atoms with Crippen molar-refractivity contribution in [3.05, 3.63) is 77.0 Å². The molecule has 0 unspecified atom stereocenters. The van der Waals surface area contributed by atoms with Gasteiger partial charge in [-0.2, -0.15) is 0 Å². The first-order valence-electron chi connectivity index (χ1n) is 5.19. The number of aliphatic hydroxyl groups is 1. The van der Waals surface area contributed by atoms with Crippen LogP contribution >= 0.6 is 15.9 Å². The zero-order valence-corrected chi connectivity index (χ0v) is 10.8. The third kappa shape index (κ3) is 2.30. The summed E-state index contributed by atoms with van der Waals surface area (Å²) < 4.78 is 0.971. The zero-order valence-electron chi connectivity index (χ0n) is 9.18. The van der Waals surface area contributed by atoms with E-state index in [1.165, 1.54) is 6.08 Å². The fourth-order valence-electron chi connectivity index (χ4n) is 1.69. The van der Waals surface area contributed by atoms with E-state index in [1.54, 1.807) is 18.5 Å². The van der Waals surface area contributed by atoms with Crippen LogP contribution < -0.4 is 0 Å². The normalized spacial score (nSPS) is 14.0. The molecule has 1 aromatic heterocycles. The van der Waals surface area contributed by atoms with Crippen LogP contribution in [0.5, 0.6) is 0 Å². The van der Waals surface area contributed by atoms with E-state index in [1.807, 2.05) is 30.3 Å². The number of hydrogen-bond donors (Lipinski definition) is 1. The van der Waals surface area contributed by atoms with E-state index in [4.69, 9.17) is 0 Å². The first-order valence-corrected chi connectivity index (χ1v) is 5.98. The topological polar surface area (TPSA) is 33.1 Å². The van der Waals surface area contributed by atoms with Gasteiger partial charge in [-0.05, 0) is 23.8 Å². The summed E-state index contributed by atoms with van der Waals surface area (Å²) in [7, 11) is 0. The number of nitrogens with zero attached hydrogens (tertiary/aromatic N) is 1. The van der Waals surface area contributed by atoms with Crippen LogP contribution in [-0.2, 0) is 5.60 Å². The molecule has 2 nitrogen and oxygen atoms in total. The van der Waals surface area contributed by atoms with Crippen molar-refractivity contribution in [3.8, 4) is 0 Å². The standard InChI is InChI=1S/C14H12BrNO/c1-2-14(17,12-4-3-9-16-10-12)11-5-7-13(15)8-6-11/h2-10,17H,1H2/t14-/m1/s1. The molecule has 0 aliphatic rings. The maximum Gasteiger partial charge on any atom is 0.134 e. The SMILES string of the molecule is C=C[C@@](O)(c1ccc(Br)cc1)c1cccnc1. The molecule has 0 saturated carbocycles. The van der Waals surface area contributed by atoms with Crippen LogP contribution in [0, 0.1) is 0 Å². The summed E-state index contributed by atoms with van der Waals surface area (Å²) in [5.41, 5.74) is 0.274. The lowest BCUT2D eigenvalue weighted by Gasteiger charge is -2.25. The van der Waals surface area contributed by atoms with Gasteiger partial charge < -0.3 is 5.11 Å². The summed E-state index contributed by atoms with van der Waals surface area (Å²) in [4.78, 5) is 4.02. The first-order chi connectivity index (χ1) is 8.16. The Labute approximate surface area is 109 Å². The summed E-state index contributed by atoms with van der Waals surface area (Å²) in [5, 5.41) is 10.7. The monoisotopic (exact) mass is 289 g/mol. The summed E-state index contributed by atoms with van der Waals surface area (Å²) in [5.74, 6) is 0. The Hall–Kier alpha value is -1.45. The highest BCUT2D eigenvalue weighted by Gasteiger charge is 2.27. The third-order valence-electron chi connectivity index (χ3n) is 2.68. The minimum absolute atomic E-state index is 0.706. The smallest absolute Gasteiger partial charge is 0.134 e. The molecule has 1 atom stereocenters. The van der Waals surface area contributed by atoms with E-state index in [2.05, 4.69) is 27.5 Å². The number of rotatable bonds is 3. The Bertz CT molecular complexity index is 510. The molecule has 0 aliphatic heterocycles. The van der Waals surface area contributed by atoms with E-state index < -0.39 is 5.60 Å². The van der Waals surface area contributed by atoms with Crippen molar-refractivity contribution in [1.29, 1.82) is 0 Å². The summed E-state index contributed by atoms with van der Waals surface area (Å²) in [6.45, 7) is 3.72. The number of pyridine rings is 1. The van der Waals surface area contributed by atoms with E-state index in [-0.39, 0.29) is 0 Å². The lowest BCUT2D eigenvalue weighted by atomic mass is 9.87. The highest BCUT2D eigenvalue weighted by Crippen LogP contribution is 2.30. The molecular formula is C14H12BrNO. The second-order valence-electron chi connectivity index (χ2n) is 3.72. The van der Waals surface area contributed by atoms with Crippen LogP contribution in [0.1, 0.15) is 11.1 Å². The van der Waals surface area contributed by atoms with Crippen LogP contribution in [-0.4, -0.2) is 10.1 Å². The highest BCUT2D eigenvalue weighted by molar-refractivity contribution is 9.10. The lowest BCUT2D eigenvalue weighted by Crippen LogP contribution is -2.24. The van der Waals surface area contributed by atoms with E-state index in [0.29, 0.717) is 5.56 Å². The predicted molar refractivity (Wildman–Crippen MR) is 71.6 cm³/mol. The van der Waals surface area contributed by atoms with Gasteiger partial charge in [0.2, 0.25) is 0 Å². The molecule has 3 heteroatoms. The van der Waals surface area contributed by atoms with Gasteiger partial charge in [0, 0.05) is 22.4 Å². The van der Waals surface area contributed by atoms with Gasteiger partial charge in [0.25, 0.3) is 0 Å². The van der Waals surface area contributed by atoms with Crippen molar-refractivity contribution in [2.75, 3.05) is 0 Å². The lowest BCUT2D eigenvalue weighted by molar-refractivity contribution is 0.134. The second kappa shape index (κ2) is 4.82. The molecule has 0 bridgehead atoms. The number of hydrogen-bond acceptors (Lipinski definition) is 2. The Balaban J connectivity index is 2.51. The van der Waals surface area contributed by atoms with Gasteiger partial charge in [-0.3, -0.25) is 4.98 Å². The van der Waals surface area contributed by atoms with Gasteiger partial charge >= 0.3 is 0 Å². The van der Waals surface area contributed by atoms with Gasteiger partial charge in [0.05, 0.1) is 0 Å². The van der Waals surface area contributed by atoms with Crippen molar-refractivity contribution in [3.63, 3.8) is 0 Å². The first kappa shape index (κ1) is 12.0. The molecule has 0 aliphatic carbocycles. The predicted octanol–water partition coefficient (Wildman–Crippen LogP) is 3.27. The third-order valence-corrected chi connectivity index (χ3v) is 3.21. The summed E-state index contributed by atoms with van der Waals surface area (Å²) >= 11 is 3.37. The largest absolute Gasteiger partial charge is 0.377 e. The average molecular weight is 290 g/mol. The summed E-state index contributed by atoms with van der Waals surface area (Å²) in [6.07, 6.45) is 4.84. The van der Waals surface area contributed by atoms with Gasteiger partial charge in [-0.15, -0.1) is 0 Å². The average Bonchev–Trinajstić information content (AvgIpc) is 2.40. The van der Waals surface area contributed by atoms with Gasteiger partial charge in [0.1, 0.15) is 5.60 Å². The van der Waals surface area contributed by atoms with Crippen LogP contribution in [0.4, 0.5) is 0 Å². The molecule has 0 saturated heterocycles. The highest BCUT2D eigenvalue weighted by atomic mass is 79.9. The Morgan fingerprint density at radius 3 is 2.41 bits per heavy atom. The molecule has 2 rings (SSSR count). The molecule has 1 aromatic carbocycles. The maximum absolute atomic E-state index is 10.7. The Morgan fingerprint density at radius 1 is 1.18 bits per heavy atom. The number of benzene rings is 1. The van der Waals surface area contributed by atoms with E-state index in [9.17, 15) is 5.11 Å². The fourth-order valence-corrected chi connectivity index (χ4v) is 1.96. The van der Waals surface area contributed by atoms with E-state index in [0.717, 1.165) is 10.0 Å². The molecule has 0 radical (unpaired) electrons. The van der Waals surface area contributed by atoms with Crippen molar-refractivity contribution in [1.82, 2.24) is 4.98 Å². The second-order valence-corrected chi connectivity index (χ2v) is 4.63. The van der Waals surface area contributed by atoms with Gasteiger partial charge in [0.15, 0.2) is 0 Å². The molecular weight excluding hydrogens is 278 g/mol. The molecule has 1 N–H and O–H groups in total. The van der Waals surface area contributed by atoms with Crippen molar-refractivity contribution in [2.45, 2.75) is 5.60 Å². The van der Waals surface area contributed by atoms with Gasteiger partial charge in [-0.1, -0.05) is 46.8 Å². The number of aromatic nitrogens is 1. The minimum atomic E-state index is -1.20. The van der Waals surface area contributed by atoms with Crippen LogP contribution in [0.2, 0.25) is 0 Å². The zero-order chi connectivity index (χ0) is 12.3. The molecule has 1 heterocycles. The van der Waals surface area contributed by atoms with Crippen molar-refractivity contribution < 1.29 is 5.11 Å². The summed E-state index contributed by atoms with van der Waals surface area (Å²) in [6, 6.07) is 11.1. The minimum Gasteiger partial charge on any atom is -0.377 e. The van der Waals surface area contributed by atoms with Crippen molar-refractivity contribution in [2.24, 2.45) is 0 Å². The molecule has 2 aromatic rings. The van der Waals surface area contributed by atoms with Crippen LogP contribution in [0.15, 0.2) is 65.9 Å². The maximum atomic E-state index is 10.7. The number of halogens is 1.